The molecule has 0 unspecified atom stereocenters. The van der Waals surface area contributed by atoms with E-state index in [0.29, 0.717) is 23.3 Å². The summed E-state index contributed by atoms with van der Waals surface area (Å²) < 4.78 is 12.0. The van der Waals surface area contributed by atoms with Gasteiger partial charge in [-0.25, -0.2) is 4.79 Å². The number of nitrogens with zero attached hydrogens (tertiary/aromatic N) is 1. The first-order valence-electron chi connectivity index (χ1n) is 12.9. The summed E-state index contributed by atoms with van der Waals surface area (Å²) >= 11 is 0. The molecule has 0 spiro atoms. The Hall–Kier alpha value is -3.62. The molecule has 3 rings (SSSR count). The van der Waals surface area contributed by atoms with Gasteiger partial charge >= 0.3 is 5.97 Å². The van der Waals surface area contributed by atoms with Gasteiger partial charge in [-0.2, -0.15) is 5.26 Å². The minimum Gasteiger partial charge on any atom is -0.542 e. The third-order valence-corrected chi connectivity index (χ3v) is 12.4. The summed E-state index contributed by atoms with van der Waals surface area (Å²) in [5.74, 6) is 0.565. The van der Waals surface area contributed by atoms with Gasteiger partial charge in [-0.1, -0.05) is 76.2 Å². The van der Waals surface area contributed by atoms with Gasteiger partial charge in [0.2, 0.25) is 0 Å². The maximum absolute atomic E-state index is 11.7. The number of carbonyl (C=O) groups is 1. The molecular formula is C32H37NO3Si. The maximum Gasteiger partial charge on any atom is 0.330 e. The first-order chi connectivity index (χ1) is 17.7. The summed E-state index contributed by atoms with van der Waals surface area (Å²) in [7, 11) is -2.29. The van der Waals surface area contributed by atoms with Crippen molar-refractivity contribution in [3.05, 3.63) is 95.1 Å². The van der Waals surface area contributed by atoms with Crippen LogP contribution in [0.15, 0.2) is 72.8 Å². The first kappa shape index (κ1) is 28.0. The molecule has 192 valence electrons. The number of nitriles is 1. The smallest absolute Gasteiger partial charge is 0.330 e. The molecule has 0 aliphatic rings. The van der Waals surface area contributed by atoms with Crippen LogP contribution >= 0.6 is 0 Å². The Morgan fingerprint density at radius 1 is 1.00 bits per heavy atom. The van der Waals surface area contributed by atoms with Gasteiger partial charge < -0.3 is 9.16 Å². The fraction of sp³-hybridized carbons (Fsp3) is 0.312. The van der Waals surface area contributed by atoms with E-state index in [4.69, 9.17) is 9.16 Å². The molecule has 0 atom stereocenters. The number of ether oxygens (including phenoxy) is 1. The summed E-state index contributed by atoms with van der Waals surface area (Å²) in [5.41, 5.74) is 6.72. The number of carbonyl (C=O) groups excluding carboxylic acids is 1. The Bertz CT molecular complexity index is 1280. The molecule has 0 bridgehead atoms. The molecule has 37 heavy (non-hydrogen) atoms. The molecular weight excluding hydrogens is 474 g/mol. The van der Waals surface area contributed by atoms with E-state index in [0.717, 1.165) is 34.0 Å². The van der Waals surface area contributed by atoms with E-state index >= 15 is 0 Å². The van der Waals surface area contributed by atoms with E-state index < -0.39 is 8.32 Å². The van der Waals surface area contributed by atoms with Gasteiger partial charge in [0, 0.05) is 12.1 Å². The van der Waals surface area contributed by atoms with E-state index in [1.807, 2.05) is 42.5 Å². The SMILES string of the molecule is CCOC(=O)/C=C/c1ccc(O[Si](Cc2ccc(-c3ccccc3C#N)cc2)(C(C)C)C(C)C)c(C)c1. The topological polar surface area (TPSA) is 59.3 Å². The molecule has 0 fully saturated rings. The minimum atomic E-state index is -2.29. The molecule has 0 aliphatic heterocycles. The first-order valence-corrected chi connectivity index (χ1v) is 15.2. The molecule has 3 aromatic rings. The van der Waals surface area contributed by atoms with Crippen LogP contribution in [-0.4, -0.2) is 20.9 Å². The van der Waals surface area contributed by atoms with Gasteiger partial charge in [-0.3, -0.25) is 0 Å². The van der Waals surface area contributed by atoms with Crippen molar-refractivity contribution in [3.63, 3.8) is 0 Å². The van der Waals surface area contributed by atoms with Gasteiger partial charge in [0.25, 0.3) is 8.32 Å². The van der Waals surface area contributed by atoms with Crippen molar-refractivity contribution in [3.8, 4) is 22.9 Å². The lowest BCUT2D eigenvalue weighted by Gasteiger charge is -2.39. The molecule has 0 heterocycles. The highest BCUT2D eigenvalue weighted by Crippen LogP contribution is 2.39. The normalized spacial score (nSPS) is 11.6. The van der Waals surface area contributed by atoms with Gasteiger partial charge in [0.1, 0.15) is 5.75 Å². The van der Waals surface area contributed by atoms with Crippen LogP contribution in [0.1, 0.15) is 56.9 Å². The van der Waals surface area contributed by atoms with Crippen LogP contribution in [0.25, 0.3) is 17.2 Å². The fourth-order valence-electron chi connectivity index (χ4n) is 4.75. The quantitative estimate of drug-likeness (QED) is 0.157. The Morgan fingerprint density at radius 2 is 1.68 bits per heavy atom. The zero-order valence-electron chi connectivity index (χ0n) is 22.7. The van der Waals surface area contributed by atoms with E-state index in [2.05, 4.69) is 65.0 Å². The molecule has 0 N–H and O–H groups in total. The van der Waals surface area contributed by atoms with Crippen LogP contribution in [0.3, 0.4) is 0 Å². The van der Waals surface area contributed by atoms with Crippen molar-refractivity contribution in [2.24, 2.45) is 0 Å². The third kappa shape index (κ3) is 6.78. The second kappa shape index (κ2) is 12.6. The minimum absolute atomic E-state index is 0.339. The molecule has 0 saturated heterocycles. The standard InChI is InChI=1S/C32H37NO3Si/c1-7-35-32(34)19-15-26-14-18-31(25(6)20-26)36-37(23(2)3,24(4)5)22-27-12-16-28(17-13-27)30-11-9-8-10-29(30)21-33/h8-20,23-24H,7,22H2,1-6H3/b19-15+. The van der Waals surface area contributed by atoms with Crippen molar-refractivity contribution in [1.82, 2.24) is 0 Å². The average Bonchev–Trinajstić information content (AvgIpc) is 2.88. The number of rotatable bonds is 10. The van der Waals surface area contributed by atoms with Crippen LogP contribution in [0.5, 0.6) is 5.75 Å². The average molecular weight is 512 g/mol. The van der Waals surface area contributed by atoms with Crippen molar-refractivity contribution in [2.45, 2.75) is 58.7 Å². The molecule has 0 aliphatic carbocycles. The highest BCUT2D eigenvalue weighted by molar-refractivity contribution is 6.76. The van der Waals surface area contributed by atoms with E-state index in [-0.39, 0.29) is 5.97 Å². The second-order valence-corrected chi connectivity index (χ2v) is 14.8. The van der Waals surface area contributed by atoms with Crippen molar-refractivity contribution < 1.29 is 14.0 Å². The number of esters is 1. The van der Waals surface area contributed by atoms with Crippen LogP contribution in [0.4, 0.5) is 0 Å². The predicted molar refractivity (Wildman–Crippen MR) is 154 cm³/mol. The number of benzene rings is 3. The second-order valence-electron chi connectivity index (χ2n) is 10.0. The number of hydrogen-bond acceptors (Lipinski definition) is 4. The highest BCUT2D eigenvalue weighted by Gasteiger charge is 2.44. The monoisotopic (exact) mass is 511 g/mol. The van der Waals surface area contributed by atoms with Crippen molar-refractivity contribution in [2.75, 3.05) is 6.61 Å². The lowest BCUT2D eigenvalue weighted by molar-refractivity contribution is -0.137. The highest BCUT2D eigenvalue weighted by atomic mass is 28.4. The largest absolute Gasteiger partial charge is 0.542 e. The Morgan fingerprint density at radius 3 is 2.27 bits per heavy atom. The Balaban J connectivity index is 1.87. The lowest BCUT2D eigenvalue weighted by atomic mass is 10.00. The van der Waals surface area contributed by atoms with Gasteiger partial charge in [-0.15, -0.1) is 0 Å². The summed E-state index contributed by atoms with van der Waals surface area (Å²) in [6, 6.07) is 25.5. The molecule has 0 amide bonds. The predicted octanol–water partition coefficient (Wildman–Crippen LogP) is 8.04. The molecule has 5 heteroatoms. The number of hydrogen-bond donors (Lipinski definition) is 0. The van der Waals surface area contributed by atoms with Crippen LogP contribution in [0, 0.1) is 18.3 Å². The molecule has 0 radical (unpaired) electrons. The van der Waals surface area contributed by atoms with Crippen LogP contribution in [-0.2, 0) is 15.6 Å². The van der Waals surface area contributed by atoms with Gasteiger partial charge in [0.15, 0.2) is 0 Å². The van der Waals surface area contributed by atoms with E-state index in [9.17, 15) is 10.1 Å². The third-order valence-electron chi connectivity index (χ3n) is 6.94. The van der Waals surface area contributed by atoms with Crippen LogP contribution in [0.2, 0.25) is 11.1 Å². The van der Waals surface area contributed by atoms with E-state index in [1.54, 1.807) is 13.0 Å². The molecule has 3 aromatic carbocycles. The van der Waals surface area contributed by atoms with E-state index in [1.165, 1.54) is 11.6 Å². The fourth-order valence-corrected chi connectivity index (χ4v) is 8.96. The lowest BCUT2D eigenvalue weighted by Crippen LogP contribution is -2.50. The van der Waals surface area contributed by atoms with Gasteiger partial charge in [0.05, 0.1) is 18.2 Å². The summed E-state index contributed by atoms with van der Waals surface area (Å²) in [5, 5.41) is 9.48. The molecule has 0 saturated carbocycles. The summed E-state index contributed by atoms with van der Waals surface area (Å²) in [6.07, 6.45) is 3.23. The molecule has 4 nitrogen and oxygen atoms in total. The summed E-state index contributed by atoms with van der Waals surface area (Å²) in [4.78, 5) is 11.7. The Kier molecular flexibility index (Phi) is 9.49. The van der Waals surface area contributed by atoms with Crippen molar-refractivity contribution >= 4 is 20.4 Å². The number of aryl methyl sites for hydroxylation is 1. The zero-order valence-corrected chi connectivity index (χ0v) is 23.7. The maximum atomic E-state index is 11.7. The van der Waals surface area contributed by atoms with Gasteiger partial charge in [-0.05, 0) is 77.0 Å². The molecule has 0 aromatic heterocycles. The van der Waals surface area contributed by atoms with Crippen molar-refractivity contribution in [1.29, 1.82) is 5.26 Å². The Labute approximate surface area is 222 Å². The van der Waals surface area contributed by atoms with Crippen LogP contribution < -0.4 is 4.43 Å². The zero-order chi connectivity index (χ0) is 27.0. The summed E-state index contributed by atoms with van der Waals surface area (Å²) in [6.45, 7) is 13.3.